The first-order valence-electron chi connectivity index (χ1n) is 11.6. The number of thioether (sulfide) groups is 1. The van der Waals surface area contributed by atoms with Gasteiger partial charge in [0.1, 0.15) is 5.76 Å². The van der Waals surface area contributed by atoms with Gasteiger partial charge in [-0.3, -0.25) is 14.5 Å². The second-order valence-corrected chi connectivity index (χ2v) is 11.9. The molecule has 10 heteroatoms. The molecule has 0 spiro atoms. The number of hydrogen-bond acceptors (Lipinski definition) is 7. The number of ketones is 1. The molecule has 0 aliphatic carbocycles. The van der Waals surface area contributed by atoms with E-state index in [1.54, 1.807) is 30.3 Å². The molecule has 5 rings (SSSR count). The summed E-state index contributed by atoms with van der Waals surface area (Å²) in [6, 6.07) is 19.1. The number of amides is 1. The van der Waals surface area contributed by atoms with Crippen molar-refractivity contribution in [1.29, 1.82) is 0 Å². The molecule has 0 bridgehead atoms. The summed E-state index contributed by atoms with van der Waals surface area (Å²) < 4.78 is 0.635. The first-order valence-corrected chi connectivity index (χ1v) is 14.1. The van der Waals surface area contributed by atoms with Gasteiger partial charge in [-0.1, -0.05) is 88.3 Å². The number of anilines is 1. The zero-order valence-corrected chi connectivity index (χ0v) is 23.5. The number of hydrogen-bond donors (Lipinski definition) is 1. The SMILES string of the molecule is Cc1ccc(C)c(C(O)=C2C(=O)C(=O)N(c3nnc(SCc4ccc(Cl)cc4)s3)C2c2cccc(Cl)c2)c1. The highest BCUT2D eigenvalue weighted by atomic mass is 35.5. The van der Waals surface area contributed by atoms with Gasteiger partial charge in [0.15, 0.2) is 4.34 Å². The Kier molecular flexibility index (Phi) is 7.59. The standard InChI is InChI=1S/C28H21Cl2N3O3S2/c1-15-6-7-16(2)21(12-15)24(34)22-23(18-4-3-5-20(30)13-18)33(26(36)25(22)35)27-31-32-28(38-27)37-14-17-8-10-19(29)11-9-17/h3-13,23,34H,14H2,1-2H3. The molecule has 38 heavy (non-hydrogen) atoms. The molecule has 1 fully saturated rings. The van der Waals surface area contributed by atoms with E-state index < -0.39 is 17.7 Å². The first kappa shape index (κ1) is 26.4. The molecule has 1 aliphatic heterocycles. The monoisotopic (exact) mass is 581 g/mol. The Hall–Kier alpha value is -3.17. The number of aliphatic hydroxyl groups excluding tert-OH is 1. The van der Waals surface area contributed by atoms with Gasteiger partial charge in [-0.15, -0.1) is 10.2 Å². The van der Waals surface area contributed by atoms with Gasteiger partial charge >= 0.3 is 5.91 Å². The van der Waals surface area contributed by atoms with Gasteiger partial charge < -0.3 is 5.11 Å². The van der Waals surface area contributed by atoms with E-state index in [-0.39, 0.29) is 16.5 Å². The Morgan fingerprint density at radius 3 is 2.50 bits per heavy atom. The van der Waals surface area contributed by atoms with Crippen LogP contribution in [0.15, 0.2) is 76.6 Å². The van der Waals surface area contributed by atoms with E-state index >= 15 is 0 Å². The van der Waals surface area contributed by atoms with Crippen molar-refractivity contribution < 1.29 is 14.7 Å². The number of benzene rings is 3. The van der Waals surface area contributed by atoms with E-state index in [0.717, 1.165) is 16.7 Å². The Labute approximate surface area is 237 Å². The maximum Gasteiger partial charge on any atom is 0.301 e. The molecule has 1 aromatic heterocycles. The third kappa shape index (κ3) is 5.22. The molecular weight excluding hydrogens is 561 g/mol. The van der Waals surface area contributed by atoms with E-state index in [4.69, 9.17) is 23.2 Å². The lowest BCUT2D eigenvalue weighted by Gasteiger charge is -2.23. The molecule has 4 aromatic rings. The van der Waals surface area contributed by atoms with Gasteiger partial charge in [-0.25, -0.2) is 0 Å². The van der Waals surface area contributed by atoms with Crippen LogP contribution in [0.5, 0.6) is 0 Å². The van der Waals surface area contributed by atoms with Crippen molar-refractivity contribution in [2.75, 3.05) is 4.90 Å². The van der Waals surface area contributed by atoms with E-state index in [0.29, 0.717) is 31.3 Å². The lowest BCUT2D eigenvalue weighted by atomic mass is 9.93. The van der Waals surface area contributed by atoms with Crippen LogP contribution < -0.4 is 4.90 Å². The Morgan fingerprint density at radius 1 is 1.00 bits per heavy atom. The molecule has 1 atom stereocenters. The molecule has 0 saturated carbocycles. The highest BCUT2D eigenvalue weighted by molar-refractivity contribution is 8.00. The van der Waals surface area contributed by atoms with Crippen molar-refractivity contribution in [2.24, 2.45) is 0 Å². The Balaban J connectivity index is 1.56. The van der Waals surface area contributed by atoms with Crippen LogP contribution in [-0.4, -0.2) is 27.0 Å². The normalized spacial score (nSPS) is 16.8. The zero-order valence-electron chi connectivity index (χ0n) is 20.3. The van der Waals surface area contributed by atoms with Gasteiger partial charge in [0.25, 0.3) is 5.78 Å². The maximum atomic E-state index is 13.4. The summed E-state index contributed by atoms with van der Waals surface area (Å²) in [5.74, 6) is -1.18. The van der Waals surface area contributed by atoms with Crippen molar-refractivity contribution in [3.05, 3.63) is 110 Å². The van der Waals surface area contributed by atoms with Crippen molar-refractivity contribution in [3.63, 3.8) is 0 Å². The van der Waals surface area contributed by atoms with E-state index in [2.05, 4.69) is 10.2 Å². The van der Waals surface area contributed by atoms with Crippen LogP contribution in [0.1, 0.15) is 33.9 Å². The number of aromatic nitrogens is 2. The van der Waals surface area contributed by atoms with Crippen molar-refractivity contribution >= 4 is 68.9 Å². The van der Waals surface area contributed by atoms with Gasteiger partial charge in [0.2, 0.25) is 5.13 Å². The quantitative estimate of drug-likeness (QED) is 0.0840. The van der Waals surface area contributed by atoms with Crippen LogP contribution in [0.4, 0.5) is 5.13 Å². The molecule has 2 heterocycles. The fourth-order valence-corrected chi connectivity index (χ4v) is 6.39. The molecule has 192 valence electrons. The second kappa shape index (κ2) is 10.9. The molecule has 1 saturated heterocycles. The number of rotatable bonds is 6. The van der Waals surface area contributed by atoms with Gasteiger partial charge in [-0.05, 0) is 60.9 Å². The molecule has 0 radical (unpaired) electrons. The third-order valence-electron chi connectivity index (χ3n) is 6.13. The van der Waals surface area contributed by atoms with Crippen molar-refractivity contribution in [1.82, 2.24) is 10.2 Å². The van der Waals surface area contributed by atoms with Gasteiger partial charge in [0.05, 0.1) is 11.6 Å². The summed E-state index contributed by atoms with van der Waals surface area (Å²) in [6.07, 6.45) is 0. The van der Waals surface area contributed by atoms with Crippen LogP contribution in [-0.2, 0) is 15.3 Å². The van der Waals surface area contributed by atoms with Crippen LogP contribution in [0.25, 0.3) is 5.76 Å². The summed E-state index contributed by atoms with van der Waals surface area (Å²) in [7, 11) is 0. The van der Waals surface area contributed by atoms with Gasteiger partial charge in [-0.2, -0.15) is 0 Å². The molecule has 6 nitrogen and oxygen atoms in total. The fraction of sp³-hybridized carbons (Fsp3) is 0.143. The lowest BCUT2D eigenvalue weighted by Crippen LogP contribution is -2.29. The predicted molar refractivity (Wildman–Crippen MR) is 153 cm³/mol. The average molecular weight is 583 g/mol. The third-order valence-corrected chi connectivity index (χ3v) is 8.75. The van der Waals surface area contributed by atoms with Crippen molar-refractivity contribution in [2.45, 2.75) is 30.0 Å². The molecule has 1 N–H and O–H groups in total. The smallest absolute Gasteiger partial charge is 0.301 e. The summed E-state index contributed by atoms with van der Waals surface area (Å²) in [5, 5.41) is 21.3. The predicted octanol–water partition coefficient (Wildman–Crippen LogP) is 7.38. The minimum absolute atomic E-state index is 0.0171. The minimum atomic E-state index is -0.921. The summed E-state index contributed by atoms with van der Waals surface area (Å²) in [6.45, 7) is 3.74. The van der Waals surface area contributed by atoms with Crippen LogP contribution >= 0.6 is 46.3 Å². The van der Waals surface area contributed by atoms with E-state index in [9.17, 15) is 14.7 Å². The van der Waals surface area contributed by atoms with E-state index in [1.165, 1.54) is 28.0 Å². The number of aryl methyl sites for hydroxylation is 2. The molecule has 1 amide bonds. The second-order valence-electron chi connectivity index (χ2n) is 8.81. The number of aliphatic hydroxyl groups is 1. The topological polar surface area (TPSA) is 83.4 Å². The number of nitrogens with zero attached hydrogens (tertiary/aromatic N) is 3. The number of halogens is 2. The Bertz CT molecular complexity index is 1580. The number of carbonyl (C=O) groups excluding carboxylic acids is 2. The number of Topliss-reactive ketones (excluding diaryl/α,β-unsaturated/α-hetero) is 1. The molecular formula is C28H21Cl2N3O3S2. The Morgan fingerprint density at radius 2 is 1.76 bits per heavy atom. The number of carbonyl (C=O) groups is 2. The van der Waals surface area contributed by atoms with E-state index in [1.807, 2.05) is 50.2 Å². The average Bonchev–Trinajstić information content (AvgIpc) is 3.47. The van der Waals surface area contributed by atoms with Crippen molar-refractivity contribution in [3.8, 4) is 0 Å². The van der Waals surface area contributed by atoms with Gasteiger partial charge in [0, 0.05) is 21.4 Å². The molecule has 1 aliphatic rings. The van der Waals surface area contributed by atoms with Crippen LogP contribution in [0.2, 0.25) is 10.0 Å². The maximum absolute atomic E-state index is 13.4. The zero-order chi connectivity index (χ0) is 27.0. The summed E-state index contributed by atoms with van der Waals surface area (Å²) in [5.41, 5.74) is 3.80. The minimum Gasteiger partial charge on any atom is -0.507 e. The highest BCUT2D eigenvalue weighted by Gasteiger charge is 2.48. The molecule has 1 unspecified atom stereocenters. The fourth-order valence-electron chi connectivity index (χ4n) is 4.24. The van der Waals surface area contributed by atoms with Crippen LogP contribution in [0, 0.1) is 13.8 Å². The highest BCUT2D eigenvalue weighted by Crippen LogP contribution is 2.44. The molecule has 3 aromatic carbocycles. The summed E-state index contributed by atoms with van der Waals surface area (Å²) >= 11 is 14.9. The first-order chi connectivity index (χ1) is 18.2. The van der Waals surface area contributed by atoms with Crippen LogP contribution in [0.3, 0.4) is 0 Å². The summed E-state index contributed by atoms with van der Waals surface area (Å²) in [4.78, 5) is 28.1. The lowest BCUT2D eigenvalue weighted by molar-refractivity contribution is -0.132. The largest absolute Gasteiger partial charge is 0.507 e.